The molecule has 1 aromatic rings. The topological polar surface area (TPSA) is 99.4 Å². The van der Waals surface area contributed by atoms with Crippen LogP contribution in [0.15, 0.2) is 30.3 Å². The Labute approximate surface area is 110 Å². The Morgan fingerprint density at radius 1 is 1.05 bits per heavy atom. The molecule has 0 unspecified atom stereocenters. The molecule has 1 aromatic carbocycles. The highest BCUT2D eigenvalue weighted by Gasteiger charge is 2.44. The molecular weight excluding hydrogens is 252 g/mol. The lowest BCUT2D eigenvalue weighted by Crippen LogP contribution is -2.59. The maximum atomic E-state index is 9.91. The number of rotatable bonds is 4. The van der Waals surface area contributed by atoms with Gasteiger partial charge in [-0.25, -0.2) is 0 Å². The first-order valence-corrected chi connectivity index (χ1v) is 6.09. The van der Waals surface area contributed by atoms with Crippen LogP contribution in [0.4, 0.5) is 0 Å². The smallest absolute Gasteiger partial charge is 0.184 e. The Morgan fingerprint density at radius 2 is 1.74 bits per heavy atom. The lowest BCUT2D eigenvalue weighted by molar-refractivity contribution is -0.296. The molecule has 6 heteroatoms. The second-order valence-corrected chi connectivity index (χ2v) is 4.49. The van der Waals surface area contributed by atoms with E-state index in [0.29, 0.717) is 0 Å². The molecule has 4 N–H and O–H groups in total. The van der Waals surface area contributed by atoms with Crippen LogP contribution in [0.25, 0.3) is 0 Å². The van der Waals surface area contributed by atoms with Gasteiger partial charge >= 0.3 is 0 Å². The maximum absolute atomic E-state index is 9.91. The minimum atomic E-state index is -1.48. The normalized spacial score (nSPS) is 35.3. The summed E-state index contributed by atoms with van der Waals surface area (Å²) in [7, 11) is 0. The lowest BCUT2D eigenvalue weighted by atomic mass is 9.99. The summed E-state index contributed by atoms with van der Waals surface area (Å²) >= 11 is 0. The van der Waals surface area contributed by atoms with Crippen molar-refractivity contribution < 1.29 is 29.9 Å². The summed E-state index contributed by atoms with van der Waals surface area (Å²) in [6.07, 6.45) is -6.03. The van der Waals surface area contributed by atoms with E-state index in [1.165, 1.54) is 0 Å². The van der Waals surface area contributed by atoms with Crippen LogP contribution in [0.2, 0.25) is 0 Å². The van der Waals surface area contributed by atoms with E-state index >= 15 is 0 Å². The average molecular weight is 270 g/mol. The Morgan fingerprint density at radius 3 is 2.37 bits per heavy atom. The van der Waals surface area contributed by atoms with E-state index in [4.69, 9.17) is 14.6 Å². The zero-order chi connectivity index (χ0) is 13.8. The van der Waals surface area contributed by atoms with Gasteiger partial charge in [0.25, 0.3) is 0 Å². The van der Waals surface area contributed by atoms with Crippen LogP contribution >= 0.6 is 0 Å². The molecule has 1 saturated heterocycles. The van der Waals surface area contributed by atoms with E-state index in [1.54, 1.807) is 0 Å². The van der Waals surface area contributed by atoms with E-state index in [1.807, 2.05) is 30.3 Å². The minimum absolute atomic E-state index is 0.185. The summed E-state index contributed by atoms with van der Waals surface area (Å²) in [4.78, 5) is 0. The largest absolute Gasteiger partial charge is 0.394 e. The summed E-state index contributed by atoms with van der Waals surface area (Å²) in [6, 6.07) is 9.26. The maximum Gasteiger partial charge on any atom is 0.184 e. The second kappa shape index (κ2) is 6.42. The van der Waals surface area contributed by atoms with Crippen molar-refractivity contribution >= 4 is 0 Å². The number of aliphatic hydroxyl groups is 4. The highest BCUT2D eigenvalue weighted by Crippen LogP contribution is 2.23. The lowest BCUT2D eigenvalue weighted by Gasteiger charge is -2.39. The fraction of sp³-hybridized carbons (Fsp3) is 0.538. The molecule has 5 atom stereocenters. The van der Waals surface area contributed by atoms with Crippen molar-refractivity contribution in [2.45, 2.75) is 37.3 Å². The molecule has 106 valence electrons. The molecule has 1 aliphatic heterocycles. The number of benzene rings is 1. The molecule has 0 aliphatic carbocycles. The second-order valence-electron chi connectivity index (χ2n) is 4.49. The molecule has 1 heterocycles. The predicted molar refractivity (Wildman–Crippen MR) is 65.0 cm³/mol. The average Bonchev–Trinajstić information content (AvgIpc) is 2.44. The van der Waals surface area contributed by atoms with E-state index in [9.17, 15) is 15.3 Å². The molecule has 6 nitrogen and oxygen atoms in total. The van der Waals surface area contributed by atoms with Crippen molar-refractivity contribution in [2.75, 3.05) is 6.61 Å². The highest BCUT2D eigenvalue weighted by atomic mass is 16.6. The van der Waals surface area contributed by atoms with Crippen molar-refractivity contribution in [3.63, 3.8) is 0 Å². The molecule has 0 amide bonds. The summed E-state index contributed by atoms with van der Waals surface area (Å²) < 4.78 is 10.3. The first-order valence-electron chi connectivity index (χ1n) is 6.09. The predicted octanol–water partition coefficient (Wildman–Crippen LogP) is -0.997. The monoisotopic (exact) mass is 270 g/mol. The Kier molecular flexibility index (Phi) is 4.87. The minimum Gasteiger partial charge on any atom is -0.394 e. The third-order valence-corrected chi connectivity index (χ3v) is 3.13. The van der Waals surface area contributed by atoms with Crippen LogP contribution in [0.3, 0.4) is 0 Å². The molecule has 0 saturated carbocycles. The van der Waals surface area contributed by atoms with Crippen molar-refractivity contribution in [1.29, 1.82) is 0 Å². The summed E-state index contributed by atoms with van der Waals surface area (Å²) in [6.45, 7) is -0.277. The van der Waals surface area contributed by atoms with Crippen LogP contribution in [0, 0.1) is 0 Å². The molecule has 2 rings (SSSR count). The number of ether oxygens (including phenoxy) is 2. The van der Waals surface area contributed by atoms with E-state index in [-0.39, 0.29) is 6.61 Å². The Hall–Kier alpha value is -1.02. The Balaban J connectivity index is 2.00. The van der Waals surface area contributed by atoms with Gasteiger partial charge in [-0.15, -0.1) is 0 Å². The van der Waals surface area contributed by atoms with Crippen molar-refractivity contribution in [1.82, 2.24) is 0 Å². The zero-order valence-electron chi connectivity index (χ0n) is 10.3. The van der Waals surface area contributed by atoms with Gasteiger partial charge in [-0.1, -0.05) is 30.3 Å². The first kappa shape index (κ1) is 14.4. The van der Waals surface area contributed by atoms with Gasteiger partial charge in [-0.05, 0) is 5.56 Å². The van der Waals surface area contributed by atoms with Gasteiger partial charge in [-0.3, -0.25) is 0 Å². The van der Waals surface area contributed by atoms with E-state index < -0.39 is 37.3 Å². The molecular formula is C13H18O6. The van der Waals surface area contributed by atoms with Gasteiger partial charge in [0.1, 0.15) is 24.4 Å². The van der Waals surface area contributed by atoms with Gasteiger partial charge in [0.05, 0.1) is 13.2 Å². The summed E-state index contributed by atoms with van der Waals surface area (Å²) in [5.41, 5.74) is 0.878. The quantitative estimate of drug-likeness (QED) is 0.560. The van der Waals surface area contributed by atoms with Crippen molar-refractivity contribution in [3.8, 4) is 0 Å². The highest BCUT2D eigenvalue weighted by molar-refractivity contribution is 5.13. The van der Waals surface area contributed by atoms with Crippen LogP contribution in [0.5, 0.6) is 0 Å². The number of hydrogen-bond acceptors (Lipinski definition) is 6. The fourth-order valence-corrected chi connectivity index (χ4v) is 2.03. The van der Waals surface area contributed by atoms with Crippen LogP contribution in [-0.4, -0.2) is 57.7 Å². The van der Waals surface area contributed by atoms with Gasteiger partial charge in [0.2, 0.25) is 0 Å². The zero-order valence-corrected chi connectivity index (χ0v) is 10.3. The van der Waals surface area contributed by atoms with E-state index in [2.05, 4.69) is 0 Å². The molecule has 1 fully saturated rings. The van der Waals surface area contributed by atoms with Gasteiger partial charge < -0.3 is 29.9 Å². The molecule has 0 spiro atoms. The molecule has 0 aromatic heterocycles. The molecule has 0 radical (unpaired) electrons. The van der Waals surface area contributed by atoms with Gasteiger partial charge in [-0.2, -0.15) is 0 Å². The standard InChI is InChI=1S/C13H18O6/c14-6-9-10(15)12(11(16)13(17)19-9)18-7-8-4-2-1-3-5-8/h1-5,9-17H,6-7H2/t9-,10-,11-,12-,13+/m1/s1. The summed E-state index contributed by atoms with van der Waals surface area (Å²) in [5.74, 6) is 0. The van der Waals surface area contributed by atoms with Crippen LogP contribution in [0.1, 0.15) is 5.56 Å². The first-order chi connectivity index (χ1) is 9.13. The molecule has 0 bridgehead atoms. The van der Waals surface area contributed by atoms with Crippen molar-refractivity contribution in [3.05, 3.63) is 35.9 Å². The SMILES string of the molecule is OC[C@H]1O[C@H](O)[C@H](O)[C@H](OCc2ccccc2)[C@@H]1O. The number of hydrogen-bond donors (Lipinski definition) is 4. The fourth-order valence-electron chi connectivity index (χ4n) is 2.03. The number of aliphatic hydroxyl groups excluding tert-OH is 4. The molecule has 1 aliphatic rings. The Bertz CT molecular complexity index is 384. The van der Waals surface area contributed by atoms with Gasteiger partial charge in [0.15, 0.2) is 6.29 Å². The summed E-state index contributed by atoms with van der Waals surface area (Å²) in [5, 5.41) is 38.2. The van der Waals surface area contributed by atoms with Crippen LogP contribution in [-0.2, 0) is 16.1 Å². The third kappa shape index (κ3) is 3.30. The van der Waals surface area contributed by atoms with Crippen molar-refractivity contribution in [2.24, 2.45) is 0 Å². The van der Waals surface area contributed by atoms with Crippen LogP contribution < -0.4 is 0 Å². The van der Waals surface area contributed by atoms with E-state index in [0.717, 1.165) is 5.56 Å². The molecule has 19 heavy (non-hydrogen) atoms. The van der Waals surface area contributed by atoms with Gasteiger partial charge in [0, 0.05) is 0 Å². The third-order valence-electron chi connectivity index (χ3n) is 3.13.